The zero-order valence-electron chi connectivity index (χ0n) is 15.7. The molecule has 0 saturated carbocycles. The van der Waals surface area contributed by atoms with Crippen molar-refractivity contribution in [3.63, 3.8) is 0 Å². The van der Waals surface area contributed by atoms with Crippen LogP contribution < -0.4 is 4.90 Å². The van der Waals surface area contributed by atoms with Gasteiger partial charge in [-0.1, -0.05) is 71.8 Å². The van der Waals surface area contributed by atoms with Gasteiger partial charge in [0.25, 0.3) is 0 Å². The van der Waals surface area contributed by atoms with Crippen LogP contribution in [0.25, 0.3) is 11.1 Å². The Bertz CT molecular complexity index is 953. The molecule has 4 aromatic rings. The lowest BCUT2D eigenvalue weighted by Crippen LogP contribution is -2.09. The molecule has 1 radical (unpaired) electrons. The van der Waals surface area contributed by atoms with E-state index in [-0.39, 0.29) is 0 Å². The van der Waals surface area contributed by atoms with Gasteiger partial charge in [0.05, 0.1) is 0 Å². The van der Waals surface area contributed by atoms with Gasteiger partial charge in [0.15, 0.2) is 0 Å². The Labute approximate surface area is 161 Å². The van der Waals surface area contributed by atoms with E-state index in [2.05, 4.69) is 110 Å². The molecule has 0 fully saturated rings. The minimum absolute atomic E-state index is 1.15. The monoisotopic (exact) mass is 348 g/mol. The van der Waals surface area contributed by atoms with Crippen molar-refractivity contribution >= 4 is 17.1 Å². The maximum absolute atomic E-state index is 3.08. The fourth-order valence-electron chi connectivity index (χ4n) is 3.22. The Morgan fingerprint density at radius 1 is 0.481 bits per heavy atom. The molecule has 0 aliphatic rings. The van der Waals surface area contributed by atoms with E-state index in [1.807, 2.05) is 12.1 Å². The van der Waals surface area contributed by atoms with E-state index in [1.54, 1.807) is 0 Å². The fourth-order valence-corrected chi connectivity index (χ4v) is 3.22. The molecule has 0 aromatic heterocycles. The molecule has 0 spiro atoms. The third kappa shape index (κ3) is 3.78. The number of hydrogen-bond donors (Lipinski definition) is 0. The van der Waals surface area contributed by atoms with E-state index in [9.17, 15) is 0 Å². The minimum Gasteiger partial charge on any atom is -0.311 e. The summed E-state index contributed by atoms with van der Waals surface area (Å²) in [5, 5.41) is 0. The molecule has 27 heavy (non-hydrogen) atoms. The van der Waals surface area contributed by atoms with Crippen molar-refractivity contribution in [1.29, 1.82) is 0 Å². The van der Waals surface area contributed by atoms with Crippen LogP contribution in [0.4, 0.5) is 17.1 Å². The number of anilines is 3. The molecule has 131 valence electrons. The first-order chi connectivity index (χ1) is 13.2. The highest BCUT2D eigenvalue weighted by Gasteiger charge is 2.12. The van der Waals surface area contributed by atoms with E-state index >= 15 is 0 Å². The van der Waals surface area contributed by atoms with Gasteiger partial charge in [-0.3, -0.25) is 0 Å². The van der Waals surface area contributed by atoms with Crippen LogP contribution in [0.3, 0.4) is 0 Å². The van der Waals surface area contributed by atoms with Crippen LogP contribution in [-0.4, -0.2) is 0 Å². The standard InChI is InChI=1S/C26H22N/c1-20-8-14-24(15-9-20)27(25-16-10-21(2)11-17-25)26-18-12-23(13-19-26)22-6-4-3-5-7-22/h4-19H,1-2H3. The Balaban J connectivity index is 1.76. The summed E-state index contributed by atoms with van der Waals surface area (Å²) >= 11 is 0. The lowest BCUT2D eigenvalue weighted by Gasteiger charge is -2.26. The predicted octanol–water partition coefficient (Wildman–Crippen LogP) is 7.24. The molecule has 0 atom stereocenters. The van der Waals surface area contributed by atoms with E-state index in [1.165, 1.54) is 22.3 Å². The van der Waals surface area contributed by atoms with Gasteiger partial charge < -0.3 is 4.90 Å². The summed E-state index contributed by atoms with van der Waals surface area (Å²) in [5.41, 5.74) is 8.41. The number of hydrogen-bond acceptors (Lipinski definition) is 1. The van der Waals surface area contributed by atoms with Crippen molar-refractivity contribution in [2.45, 2.75) is 13.8 Å². The third-order valence-electron chi connectivity index (χ3n) is 4.76. The largest absolute Gasteiger partial charge is 0.311 e. The zero-order valence-corrected chi connectivity index (χ0v) is 15.7. The van der Waals surface area contributed by atoms with E-state index in [0.29, 0.717) is 0 Å². The molecule has 0 unspecified atom stereocenters. The van der Waals surface area contributed by atoms with Crippen molar-refractivity contribution in [1.82, 2.24) is 0 Å². The van der Waals surface area contributed by atoms with Gasteiger partial charge >= 0.3 is 0 Å². The average Bonchev–Trinajstić information content (AvgIpc) is 2.72. The van der Waals surface area contributed by atoms with E-state index in [0.717, 1.165) is 17.1 Å². The van der Waals surface area contributed by atoms with Gasteiger partial charge in [-0.2, -0.15) is 0 Å². The molecule has 0 aliphatic carbocycles. The maximum atomic E-state index is 3.08. The Morgan fingerprint density at radius 2 is 0.852 bits per heavy atom. The van der Waals surface area contributed by atoms with Crippen LogP contribution in [0.15, 0.2) is 97.1 Å². The Morgan fingerprint density at radius 3 is 1.30 bits per heavy atom. The lowest BCUT2D eigenvalue weighted by atomic mass is 10.0. The quantitative estimate of drug-likeness (QED) is 0.376. The second-order valence-corrected chi connectivity index (χ2v) is 6.84. The number of nitrogens with zero attached hydrogens (tertiary/aromatic N) is 1. The van der Waals surface area contributed by atoms with Crippen LogP contribution in [0.5, 0.6) is 0 Å². The van der Waals surface area contributed by atoms with Gasteiger partial charge in [0.2, 0.25) is 0 Å². The molecular weight excluding hydrogens is 326 g/mol. The molecule has 0 amide bonds. The number of aryl methyl sites for hydroxylation is 2. The van der Waals surface area contributed by atoms with Crippen LogP contribution in [0.1, 0.15) is 11.1 Å². The van der Waals surface area contributed by atoms with Crippen molar-refractivity contribution in [3.05, 3.63) is 114 Å². The summed E-state index contributed by atoms with van der Waals surface area (Å²) in [7, 11) is 0. The summed E-state index contributed by atoms with van der Waals surface area (Å²) < 4.78 is 0. The fraction of sp³-hybridized carbons (Fsp3) is 0.0769. The molecule has 4 rings (SSSR count). The molecule has 4 aromatic carbocycles. The van der Waals surface area contributed by atoms with Gasteiger partial charge in [-0.15, -0.1) is 0 Å². The van der Waals surface area contributed by atoms with E-state index < -0.39 is 0 Å². The summed E-state index contributed by atoms with van der Waals surface area (Å²) in [6, 6.07) is 37.2. The molecule has 0 bridgehead atoms. The smallest absolute Gasteiger partial charge is 0.0462 e. The number of benzene rings is 4. The molecule has 0 aliphatic heterocycles. The third-order valence-corrected chi connectivity index (χ3v) is 4.76. The highest BCUT2D eigenvalue weighted by Crippen LogP contribution is 2.35. The van der Waals surface area contributed by atoms with Gasteiger partial charge in [0.1, 0.15) is 0 Å². The number of rotatable bonds is 4. The van der Waals surface area contributed by atoms with Crippen molar-refractivity contribution in [3.8, 4) is 11.1 Å². The second-order valence-electron chi connectivity index (χ2n) is 6.84. The lowest BCUT2D eigenvalue weighted by molar-refractivity contribution is 1.27. The first-order valence-electron chi connectivity index (χ1n) is 9.21. The van der Waals surface area contributed by atoms with Gasteiger partial charge in [-0.05, 0) is 67.4 Å². The van der Waals surface area contributed by atoms with Crippen LogP contribution in [0, 0.1) is 19.9 Å². The average molecular weight is 348 g/mol. The topological polar surface area (TPSA) is 3.24 Å². The summed E-state index contributed by atoms with van der Waals surface area (Å²) in [6.07, 6.45) is 0. The van der Waals surface area contributed by atoms with Crippen LogP contribution >= 0.6 is 0 Å². The predicted molar refractivity (Wildman–Crippen MR) is 115 cm³/mol. The van der Waals surface area contributed by atoms with Crippen molar-refractivity contribution in [2.24, 2.45) is 0 Å². The van der Waals surface area contributed by atoms with Crippen LogP contribution in [-0.2, 0) is 0 Å². The summed E-state index contributed by atoms with van der Waals surface area (Å²) in [6.45, 7) is 4.23. The first-order valence-corrected chi connectivity index (χ1v) is 9.21. The first kappa shape index (κ1) is 17.1. The highest BCUT2D eigenvalue weighted by atomic mass is 15.1. The maximum Gasteiger partial charge on any atom is 0.0462 e. The molecule has 1 heteroatoms. The van der Waals surface area contributed by atoms with Gasteiger partial charge in [-0.25, -0.2) is 0 Å². The van der Waals surface area contributed by atoms with Crippen LogP contribution in [0.2, 0.25) is 0 Å². The van der Waals surface area contributed by atoms with Gasteiger partial charge in [0, 0.05) is 17.1 Å². The molecule has 1 nitrogen and oxygen atoms in total. The Hall–Kier alpha value is -3.32. The molecule has 0 saturated heterocycles. The summed E-state index contributed by atoms with van der Waals surface area (Å²) in [4.78, 5) is 2.29. The molecule has 0 heterocycles. The SMILES string of the molecule is Cc1ccc(N(c2ccc(C)cc2)c2ccc(-c3cc[c]cc3)cc2)cc1. The molecule has 0 N–H and O–H groups in total. The minimum atomic E-state index is 1.15. The highest BCUT2D eigenvalue weighted by molar-refractivity contribution is 5.78. The normalized spacial score (nSPS) is 10.6. The van der Waals surface area contributed by atoms with E-state index in [4.69, 9.17) is 0 Å². The second kappa shape index (κ2) is 7.51. The zero-order chi connectivity index (χ0) is 18.6. The van der Waals surface area contributed by atoms with Crippen molar-refractivity contribution < 1.29 is 0 Å². The summed E-state index contributed by atoms with van der Waals surface area (Å²) in [5.74, 6) is 0. The molecular formula is C26H22N. The Kier molecular flexibility index (Phi) is 4.76. The van der Waals surface area contributed by atoms with Crippen molar-refractivity contribution in [2.75, 3.05) is 4.90 Å².